The topological polar surface area (TPSA) is 88.6 Å². The minimum atomic E-state index is -3.77. The predicted molar refractivity (Wildman–Crippen MR) is 125 cm³/mol. The van der Waals surface area contributed by atoms with Crippen molar-refractivity contribution in [2.75, 3.05) is 19.0 Å². The van der Waals surface area contributed by atoms with E-state index in [1.165, 1.54) is 15.6 Å². The first-order chi connectivity index (χ1) is 15.4. The first-order valence-corrected chi connectivity index (χ1v) is 12.7. The molecular weight excluding hydrogens is 446 g/mol. The van der Waals surface area contributed by atoms with Crippen LogP contribution in [0.5, 0.6) is 5.75 Å². The number of sulfonamides is 1. The Bertz CT molecular complexity index is 1210. The smallest absolute Gasteiger partial charge is 0.244 e. The largest absolute Gasteiger partial charge is 0.497 e. The number of anilines is 1. The van der Waals surface area contributed by atoms with Crippen LogP contribution in [0.3, 0.4) is 0 Å². The second-order valence-corrected chi connectivity index (χ2v) is 10.4. The van der Waals surface area contributed by atoms with Crippen LogP contribution in [0.2, 0.25) is 0 Å². The Labute approximate surface area is 192 Å². The first kappa shape index (κ1) is 22.4. The van der Waals surface area contributed by atoms with Crippen molar-refractivity contribution in [3.05, 3.63) is 59.5 Å². The number of carbonyl (C=O) groups excluding carboxylic acids is 1. The minimum Gasteiger partial charge on any atom is -0.497 e. The van der Waals surface area contributed by atoms with Crippen LogP contribution < -0.4 is 10.1 Å². The van der Waals surface area contributed by atoms with Gasteiger partial charge in [-0.1, -0.05) is 18.6 Å². The molecule has 0 unspecified atom stereocenters. The molecule has 2 aromatic carbocycles. The molecule has 4 rings (SSSR count). The average Bonchev–Trinajstić information content (AvgIpc) is 3.27. The van der Waals surface area contributed by atoms with Crippen molar-refractivity contribution in [3.63, 3.8) is 0 Å². The second-order valence-electron chi connectivity index (χ2n) is 7.70. The van der Waals surface area contributed by atoms with Gasteiger partial charge in [0.25, 0.3) is 0 Å². The predicted octanol–water partition coefficient (Wildman–Crippen LogP) is 4.31. The van der Waals surface area contributed by atoms with Gasteiger partial charge in [0, 0.05) is 17.5 Å². The number of hydrogen-bond acceptors (Lipinski definition) is 6. The Morgan fingerprint density at radius 1 is 1.19 bits per heavy atom. The molecular formula is C23H25N3O4S2. The van der Waals surface area contributed by atoms with Gasteiger partial charge in [0.1, 0.15) is 11.8 Å². The summed E-state index contributed by atoms with van der Waals surface area (Å²) in [6, 6.07) is 13.5. The molecule has 0 saturated carbocycles. The molecule has 0 spiro atoms. The molecule has 1 aromatic heterocycles. The number of aryl methyl sites for hydroxylation is 1. The Balaban J connectivity index is 1.52. The van der Waals surface area contributed by atoms with Gasteiger partial charge >= 0.3 is 0 Å². The van der Waals surface area contributed by atoms with Crippen LogP contribution in [0, 0.1) is 6.92 Å². The summed E-state index contributed by atoms with van der Waals surface area (Å²) in [6.07, 6.45) is 2.01. The molecule has 1 fully saturated rings. The van der Waals surface area contributed by atoms with Crippen molar-refractivity contribution >= 4 is 32.4 Å². The quantitative estimate of drug-likeness (QED) is 0.579. The number of aromatic nitrogens is 1. The SMILES string of the molecule is COc1ccc(-c2csc(NC(=O)[C@H]3CCCCN3S(=O)(=O)c3cccc(C)c3)n2)cc1. The van der Waals surface area contributed by atoms with Crippen molar-refractivity contribution in [2.24, 2.45) is 0 Å². The molecule has 0 aliphatic carbocycles. The number of carbonyl (C=O) groups is 1. The van der Waals surface area contributed by atoms with Crippen molar-refractivity contribution < 1.29 is 17.9 Å². The Kier molecular flexibility index (Phi) is 6.59. The van der Waals surface area contributed by atoms with Crippen LogP contribution in [0.25, 0.3) is 11.3 Å². The van der Waals surface area contributed by atoms with Crippen molar-refractivity contribution in [3.8, 4) is 17.0 Å². The Morgan fingerprint density at radius 2 is 1.97 bits per heavy atom. The molecule has 1 aliphatic rings. The maximum absolute atomic E-state index is 13.3. The summed E-state index contributed by atoms with van der Waals surface area (Å²) >= 11 is 1.31. The fourth-order valence-electron chi connectivity index (χ4n) is 3.78. The molecule has 0 radical (unpaired) electrons. The lowest BCUT2D eigenvalue weighted by atomic mass is 10.0. The highest BCUT2D eigenvalue weighted by Crippen LogP contribution is 2.29. The van der Waals surface area contributed by atoms with Gasteiger partial charge in [0.2, 0.25) is 15.9 Å². The van der Waals surface area contributed by atoms with E-state index in [1.807, 2.05) is 42.6 Å². The Morgan fingerprint density at radius 3 is 2.69 bits per heavy atom. The molecule has 32 heavy (non-hydrogen) atoms. The van der Waals surface area contributed by atoms with E-state index < -0.39 is 16.1 Å². The Hall–Kier alpha value is -2.75. The van der Waals surface area contributed by atoms with Crippen LogP contribution >= 0.6 is 11.3 Å². The van der Waals surface area contributed by atoms with Gasteiger partial charge in [-0.15, -0.1) is 11.3 Å². The number of ether oxygens (including phenoxy) is 1. The van der Waals surface area contributed by atoms with Crippen LogP contribution in [0.4, 0.5) is 5.13 Å². The van der Waals surface area contributed by atoms with Gasteiger partial charge < -0.3 is 10.1 Å². The number of nitrogens with zero attached hydrogens (tertiary/aromatic N) is 2. The van der Waals surface area contributed by atoms with E-state index in [9.17, 15) is 13.2 Å². The maximum Gasteiger partial charge on any atom is 0.244 e. The molecule has 7 nitrogen and oxygen atoms in total. The third kappa shape index (κ3) is 4.69. The zero-order chi connectivity index (χ0) is 22.7. The fourth-order valence-corrected chi connectivity index (χ4v) is 6.26. The van der Waals surface area contributed by atoms with Gasteiger partial charge in [0.05, 0.1) is 17.7 Å². The van der Waals surface area contributed by atoms with Crippen LogP contribution in [0.15, 0.2) is 58.8 Å². The lowest BCUT2D eigenvalue weighted by Crippen LogP contribution is -2.49. The fraction of sp³-hybridized carbons (Fsp3) is 0.304. The third-order valence-electron chi connectivity index (χ3n) is 5.47. The van der Waals surface area contributed by atoms with Crippen molar-refractivity contribution in [2.45, 2.75) is 37.1 Å². The van der Waals surface area contributed by atoms with Gasteiger partial charge in [-0.25, -0.2) is 13.4 Å². The van der Waals surface area contributed by atoms with Gasteiger partial charge in [0.15, 0.2) is 5.13 Å². The summed E-state index contributed by atoms with van der Waals surface area (Å²) in [5.74, 6) is 0.404. The van der Waals surface area contributed by atoms with Gasteiger partial charge in [-0.2, -0.15) is 4.31 Å². The van der Waals surface area contributed by atoms with E-state index in [2.05, 4.69) is 10.3 Å². The number of benzene rings is 2. The molecule has 168 valence electrons. The molecule has 9 heteroatoms. The number of thiazole rings is 1. The molecule has 1 amide bonds. The summed E-state index contributed by atoms with van der Waals surface area (Å²) in [4.78, 5) is 17.8. The number of hydrogen-bond donors (Lipinski definition) is 1. The van der Waals surface area contributed by atoms with Crippen molar-refractivity contribution in [1.29, 1.82) is 0 Å². The molecule has 3 aromatic rings. The van der Waals surface area contributed by atoms with E-state index in [0.717, 1.165) is 35.4 Å². The van der Waals surface area contributed by atoms with Gasteiger partial charge in [-0.05, 0) is 61.7 Å². The zero-order valence-electron chi connectivity index (χ0n) is 17.9. The molecule has 1 N–H and O–H groups in total. The average molecular weight is 472 g/mol. The van der Waals surface area contributed by atoms with Gasteiger partial charge in [-0.3, -0.25) is 4.79 Å². The maximum atomic E-state index is 13.3. The number of nitrogens with one attached hydrogen (secondary N) is 1. The van der Waals surface area contributed by atoms with Crippen molar-refractivity contribution in [1.82, 2.24) is 9.29 Å². The lowest BCUT2D eigenvalue weighted by molar-refractivity contribution is -0.120. The summed E-state index contributed by atoms with van der Waals surface area (Å²) in [5, 5.41) is 5.13. The van der Waals surface area contributed by atoms with E-state index in [4.69, 9.17) is 4.74 Å². The van der Waals surface area contributed by atoms with Crippen LogP contribution in [-0.2, 0) is 14.8 Å². The molecule has 0 bridgehead atoms. The number of amides is 1. The summed E-state index contributed by atoms with van der Waals surface area (Å²) in [5.41, 5.74) is 2.50. The number of rotatable bonds is 6. The molecule has 2 heterocycles. The zero-order valence-corrected chi connectivity index (χ0v) is 19.6. The standard InChI is InChI=1S/C23H25N3O4S2/c1-16-6-5-7-19(14-16)32(28,29)26-13-4-3-8-21(26)22(27)25-23-24-20(15-31-23)17-9-11-18(30-2)12-10-17/h5-7,9-12,14-15,21H,3-4,8,13H2,1-2H3,(H,24,25,27)/t21-/m1/s1. The van der Waals surface area contributed by atoms with E-state index >= 15 is 0 Å². The molecule has 1 aliphatic heterocycles. The van der Waals surface area contributed by atoms with E-state index in [0.29, 0.717) is 18.1 Å². The highest BCUT2D eigenvalue weighted by atomic mass is 32.2. The third-order valence-corrected chi connectivity index (χ3v) is 8.13. The minimum absolute atomic E-state index is 0.216. The van der Waals surface area contributed by atoms with E-state index in [1.54, 1.807) is 25.3 Å². The molecule has 1 saturated heterocycles. The first-order valence-electron chi connectivity index (χ1n) is 10.4. The normalized spacial score (nSPS) is 17.1. The second kappa shape index (κ2) is 9.40. The number of methoxy groups -OCH3 is 1. The monoisotopic (exact) mass is 471 g/mol. The summed E-state index contributed by atoms with van der Waals surface area (Å²) in [6.45, 7) is 2.17. The molecule has 1 atom stereocenters. The highest BCUT2D eigenvalue weighted by Gasteiger charge is 2.38. The van der Waals surface area contributed by atoms with Crippen LogP contribution in [-0.4, -0.2) is 43.3 Å². The number of piperidine rings is 1. The summed E-state index contributed by atoms with van der Waals surface area (Å²) in [7, 11) is -2.16. The van der Waals surface area contributed by atoms with E-state index in [-0.39, 0.29) is 10.8 Å². The lowest BCUT2D eigenvalue weighted by Gasteiger charge is -2.33. The summed E-state index contributed by atoms with van der Waals surface area (Å²) < 4.78 is 33.1. The highest BCUT2D eigenvalue weighted by molar-refractivity contribution is 7.89. The van der Waals surface area contributed by atoms with Crippen LogP contribution in [0.1, 0.15) is 24.8 Å².